The number of hydrogen-bond donors (Lipinski definition) is 0. The summed E-state index contributed by atoms with van der Waals surface area (Å²) in [5, 5.41) is 0. The molecule has 0 N–H and O–H groups in total. The van der Waals surface area contributed by atoms with Gasteiger partial charge in [0.2, 0.25) is 0 Å². The Labute approximate surface area is 167 Å². The molecule has 3 heterocycles. The Kier molecular flexibility index (Phi) is 4.94. The second-order valence-electron chi connectivity index (χ2n) is 7.80. The lowest BCUT2D eigenvalue weighted by molar-refractivity contribution is 0.0755. The van der Waals surface area contributed by atoms with Crippen LogP contribution >= 0.6 is 0 Å². The molecule has 0 saturated carbocycles. The summed E-state index contributed by atoms with van der Waals surface area (Å²) in [4.78, 5) is 34.3. The predicted molar refractivity (Wildman–Crippen MR) is 102 cm³/mol. The smallest absolute Gasteiger partial charge is 0.320 e. The van der Waals surface area contributed by atoms with Crippen molar-refractivity contribution in [3.05, 3.63) is 65.5 Å². The van der Waals surface area contributed by atoms with Gasteiger partial charge in [-0.2, -0.15) is 0 Å². The van der Waals surface area contributed by atoms with Gasteiger partial charge in [-0.05, 0) is 29.8 Å². The van der Waals surface area contributed by atoms with Crippen molar-refractivity contribution in [3.63, 3.8) is 0 Å². The minimum Gasteiger partial charge on any atom is -0.336 e. The number of benzene rings is 1. The lowest BCUT2D eigenvalue weighted by Crippen LogP contribution is -2.42. The van der Waals surface area contributed by atoms with Gasteiger partial charge in [-0.15, -0.1) is 0 Å². The summed E-state index contributed by atoms with van der Waals surface area (Å²) in [6.45, 7) is 1.22. The molecule has 0 unspecified atom stereocenters. The van der Waals surface area contributed by atoms with Crippen LogP contribution in [0.15, 0.2) is 42.6 Å². The molecule has 0 spiro atoms. The lowest BCUT2D eigenvalue weighted by atomic mass is 9.89. The second-order valence-corrected chi connectivity index (χ2v) is 7.80. The molecule has 0 radical (unpaired) electrons. The molecule has 3 amide bonds. The third-order valence-corrected chi connectivity index (χ3v) is 5.73. The summed E-state index contributed by atoms with van der Waals surface area (Å²) in [6, 6.07) is 8.37. The van der Waals surface area contributed by atoms with Crippen molar-refractivity contribution < 1.29 is 18.4 Å². The van der Waals surface area contributed by atoms with E-state index in [2.05, 4.69) is 4.98 Å². The Morgan fingerprint density at radius 3 is 2.59 bits per heavy atom. The molecule has 2 aromatic rings. The summed E-state index contributed by atoms with van der Waals surface area (Å²) in [6.07, 6.45) is 1.39. The maximum atomic E-state index is 14.0. The van der Waals surface area contributed by atoms with Crippen LogP contribution in [-0.2, 0) is 0 Å². The summed E-state index contributed by atoms with van der Waals surface area (Å²) in [7, 11) is 3.36. The summed E-state index contributed by atoms with van der Waals surface area (Å²) in [5.74, 6) is -1.51. The number of likely N-dealkylation sites (tertiary alicyclic amines) is 2. The predicted octanol–water partition coefficient (Wildman–Crippen LogP) is 2.79. The van der Waals surface area contributed by atoms with Crippen molar-refractivity contribution in [3.8, 4) is 0 Å². The number of carbonyl (C=O) groups is 2. The van der Waals surface area contributed by atoms with Gasteiger partial charge < -0.3 is 14.7 Å². The normalized spacial score (nSPS) is 23.2. The number of hydrogen-bond acceptors (Lipinski definition) is 3. The zero-order valence-electron chi connectivity index (χ0n) is 16.3. The maximum Gasteiger partial charge on any atom is 0.320 e. The minimum absolute atomic E-state index is 0.0305. The van der Waals surface area contributed by atoms with Crippen LogP contribution in [0.3, 0.4) is 0 Å². The van der Waals surface area contributed by atoms with E-state index in [1.54, 1.807) is 36.0 Å². The number of pyridine rings is 1. The highest BCUT2D eigenvalue weighted by Crippen LogP contribution is 2.45. The van der Waals surface area contributed by atoms with Gasteiger partial charge in [0.25, 0.3) is 5.91 Å². The molecule has 2 aliphatic rings. The first-order valence-corrected chi connectivity index (χ1v) is 9.50. The van der Waals surface area contributed by atoms with Crippen LogP contribution in [0.2, 0.25) is 0 Å². The number of rotatable bonds is 2. The molecule has 2 aliphatic heterocycles. The third kappa shape index (κ3) is 3.43. The van der Waals surface area contributed by atoms with Crippen LogP contribution in [0.5, 0.6) is 0 Å². The Hall–Kier alpha value is -3.03. The Bertz CT molecular complexity index is 952. The van der Waals surface area contributed by atoms with Crippen molar-refractivity contribution in [2.24, 2.45) is 11.8 Å². The first-order valence-electron chi connectivity index (χ1n) is 9.50. The molecular formula is C21H22F2N4O2. The van der Waals surface area contributed by atoms with Crippen molar-refractivity contribution in [1.82, 2.24) is 19.7 Å². The SMILES string of the molecule is CN(C)C(=O)N1C[C@H]2CN(C(=O)c3ncccc3F)C[C@H]2[C@H]1c1cccc(F)c1. The van der Waals surface area contributed by atoms with E-state index in [1.165, 1.54) is 35.4 Å². The van der Waals surface area contributed by atoms with E-state index in [-0.39, 0.29) is 35.4 Å². The topological polar surface area (TPSA) is 56.8 Å². The maximum absolute atomic E-state index is 14.0. The largest absolute Gasteiger partial charge is 0.336 e. The fraction of sp³-hybridized carbons (Fsp3) is 0.381. The van der Waals surface area contributed by atoms with Crippen LogP contribution in [0, 0.1) is 23.5 Å². The Morgan fingerprint density at radius 2 is 1.90 bits per heavy atom. The van der Waals surface area contributed by atoms with Crippen LogP contribution in [0.4, 0.5) is 13.6 Å². The molecule has 0 aliphatic carbocycles. The Morgan fingerprint density at radius 1 is 1.10 bits per heavy atom. The van der Waals surface area contributed by atoms with Gasteiger partial charge in [-0.1, -0.05) is 12.1 Å². The first kappa shape index (κ1) is 19.3. The molecule has 6 nitrogen and oxygen atoms in total. The molecule has 1 aromatic carbocycles. The second kappa shape index (κ2) is 7.42. The number of aromatic nitrogens is 1. The van der Waals surface area contributed by atoms with Gasteiger partial charge >= 0.3 is 6.03 Å². The average molecular weight is 400 g/mol. The van der Waals surface area contributed by atoms with Gasteiger partial charge in [0.05, 0.1) is 6.04 Å². The highest BCUT2D eigenvalue weighted by atomic mass is 19.1. The van der Waals surface area contributed by atoms with Gasteiger partial charge in [-0.3, -0.25) is 4.79 Å². The lowest BCUT2D eigenvalue weighted by Gasteiger charge is -2.31. The minimum atomic E-state index is -0.652. The molecule has 29 heavy (non-hydrogen) atoms. The molecule has 4 rings (SSSR count). The molecule has 1 aromatic heterocycles. The number of carbonyl (C=O) groups excluding carboxylic acids is 2. The summed E-state index contributed by atoms with van der Waals surface area (Å²) >= 11 is 0. The van der Waals surface area contributed by atoms with Crippen LogP contribution in [-0.4, -0.2) is 65.4 Å². The van der Waals surface area contributed by atoms with Crippen LogP contribution < -0.4 is 0 Å². The van der Waals surface area contributed by atoms with Gasteiger partial charge in [0.1, 0.15) is 5.82 Å². The number of nitrogens with zero attached hydrogens (tertiary/aromatic N) is 4. The summed E-state index contributed by atoms with van der Waals surface area (Å²) < 4.78 is 27.9. The van der Waals surface area contributed by atoms with Crippen molar-refractivity contribution in [2.45, 2.75) is 6.04 Å². The molecule has 2 saturated heterocycles. The van der Waals surface area contributed by atoms with Crippen LogP contribution in [0.1, 0.15) is 22.1 Å². The number of urea groups is 1. The zero-order valence-corrected chi connectivity index (χ0v) is 16.3. The molecule has 3 atom stereocenters. The monoisotopic (exact) mass is 400 g/mol. The van der Waals surface area contributed by atoms with Crippen molar-refractivity contribution >= 4 is 11.9 Å². The first-order chi connectivity index (χ1) is 13.9. The Balaban J connectivity index is 1.63. The summed E-state index contributed by atoms with van der Waals surface area (Å²) in [5.41, 5.74) is 0.502. The third-order valence-electron chi connectivity index (χ3n) is 5.73. The quantitative estimate of drug-likeness (QED) is 0.779. The molecule has 152 valence electrons. The van der Waals surface area contributed by atoms with Crippen LogP contribution in [0.25, 0.3) is 0 Å². The van der Waals surface area contributed by atoms with E-state index >= 15 is 0 Å². The number of amides is 3. The highest BCUT2D eigenvalue weighted by Gasteiger charge is 2.50. The number of halogens is 2. The highest BCUT2D eigenvalue weighted by molar-refractivity contribution is 5.92. The van der Waals surface area contributed by atoms with E-state index in [9.17, 15) is 18.4 Å². The van der Waals surface area contributed by atoms with E-state index in [4.69, 9.17) is 0 Å². The fourth-order valence-electron chi connectivity index (χ4n) is 4.47. The van der Waals surface area contributed by atoms with Gasteiger partial charge in [-0.25, -0.2) is 18.6 Å². The van der Waals surface area contributed by atoms with Gasteiger partial charge in [0, 0.05) is 51.8 Å². The van der Waals surface area contributed by atoms with Crippen molar-refractivity contribution in [2.75, 3.05) is 33.7 Å². The molecule has 8 heteroatoms. The van der Waals surface area contributed by atoms with E-state index in [0.717, 1.165) is 0 Å². The zero-order chi connectivity index (χ0) is 20.7. The fourth-order valence-corrected chi connectivity index (χ4v) is 4.47. The molecular weight excluding hydrogens is 378 g/mol. The van der Waals surface area contributed by atoms with E-state index in [0.29, 0.717) is 25.2 Å². The van der Waals surface area contributed by atoms with E-state index < -0.39 is 11.7 Å². The standard InChI is InChI=1S/C21H22F2N4O2/c1-25(2)21(29)27-11-14-10-26(20(28)18-17(23)7-4-8-24-18)12-16(14)19(27)13-5-3-6-15(22)9-13/h3-9,14,16,19H,10-12H2,1-2H3/t14-,16-,19-/m1/s1. The number of fused-ring (bicyclic) bond motifs is 1. The molecule has 0 bridgehead atoms. The van der Waals surface area contributed by atoms with Crippen molar-refractivity contribution in [1.29, 1.82) is 0 Å². The van der Waals surface area contributed by atoms with E-state index in [1.807, 2.05) is 0 Å². The van der Waals surface area contributed by atoms with Gasteiger partial charge in [0.15, 0.2) is 11.5 Å². The molecule has 2 fully saturated rings. The average Bonchev–Trinajstić information content (AvgIpc) is 3.25.